The Labute approximate surface area is 94.2 Å². The molecule has 4 heterocycles. The normalized spacial score (nSPS) is 57.3. The largest absolute Gasteiger partial charge is 0.600 e. The minimum Gasteiger partial charge on any atom is -0.600 e. The molecule has 0 aromatic rings. The van der Waals surface area contributed by atoms with Gasteiger partial charge in [-0.05, 0) is 24.4 Å². The molecule has 6 aliphatic rings. The van der Waals surface area contributed by atoms with E-state index in [1.54, 1.807) is 0 Å². The first-order valence-corrected chi connectivity index (χ1v) is 6.28. The maximum absolute atomic E-state index is 11.9. The molecule has 4 bridgehead atoms. The molecule has 0 aromatic carbocycles. The third kappa shape index (κ3) is 0.812. The lowest BCUT2D eigenvalue weighted by atomic mass is 9.52. The van der Waals surface area contributed by atoms with Crippen LogP contribution in [0.2, 0.25) is 0 Å². The van der Waals surface area contributed by atoms with E-state index in [1.165, 1.54) is 0 Å². The monoisotopic (exact) mass is 220 g/mol. The SMILES string of the molecule is C[C@]12[C@H]([C@@H]3CC[C@H]1N=N3)[C@H]1CC[C@@H]2[N+]([O-])=N1. The first kappa shape index (κ1) is 9.07. The van der Waals surface area contributed by atoms with E-state index in [4.69, 9.17) is 0 Å². The van der Waals surface area contributed by atoms with Gasteiger partial charge in [-0.15, -0.1) is 0 Å². The summed E-state index contributed by atoms with van der Waals surface area (Å²) in [5.74, 6) is 0.479. The molecule has 4 aliphatic heterocycles. The Balaban J connectivity index is 1.90. The summed E-state index contributed by atoms with van der Waals surface area (Å²) in [5.41, 5.74) is 0.0388. The van der Waals surface area contributed by atoms with Crippen LogP contribution in [0.15, 0.2) is 15.3 Å². The highest BCUT2D eigenvalue weighted by Gasteiger charge is 2.66. The quantitative estimate of drug-likeness (QED) is 0.455. The van der Waals surface area contributed by atoms with Crippen molar-refractivity contribution >= 4 is 0 Å². The lowest BCUT2D eigenvalue weighted by Gasteiger charge is -2.57. The van der Waals surface area contributed by atoms with Gasteiger partial charge in [0.25, 0.3) is 0 Å². The molecule has 86 valence electrons. The number of fused-ring (bicyclic) bond motifs is 2. The third-order valence-corrected chi connectivity index (χ3v) is 5.34. The van der Waals surface area contributed by atoms with E-state index in [0.717, 1.165) is 30.5 Å². The lowest BCUT2D eigenvalue weighted by molar-refractivity contribution is -0.616. The highest BCUT2D eigenvalue weighted by molar-refractivity contribution is 5.14. The summed E-state index contributed by atoms with van der Waals surface area (Å²) >= 11 is 0. The topological polar surface area (TPSA) is 63.1 Å². The number of rotatable bonds is 0. The molecule has 5 heteroatoms. The lowest BCUT2D eigenvalue weighted by Crippen LogP contribution is -2.66. The van der Waals surface area contributed by atoms with Crippen LogP contribution < -0.4 is 0 Å². The smallest absolute Gasteiger partial charge is 0.197 e. The molecule has 16 heavy (non-hydrogen) atoms. The number of hydroxylamine groups is 1. The second-order valence-electron chi connectivity index (χ2n) is 5.86. The van der Waals surface area contributed by atoms with Crippen LogP contribution in [0.4, 0.5) is 0 Å². The molecule has 5 nitrogen and oxygen atoms in total. The Kier molecular flexibility index (Phi) is 1.49. The van der Waals surface area contributed by atoms with Gasteiger partial charge in [-0.25, -0.2) is 0 Å². The van der Waals surface area contributed by atoms with Gasteiger partial charge < -0.3 is 5.21 Å². The molecule has 0 N–H and O–H groups in total. The minimum atomic E-state index is 0.0388. The van der Waals surface area contributed by atoms with Gasteiger partial charge in [-0.3, -0.25) is 0 Å². The summed E-state index contributed by atoms with van der Waals surface area (Å²) < 4.78 is 0. The summed E-state index contributed by atoms with van der Waals surface area (Å²) in [6.07, 6.45) is 4.32. The van der Waals surface area contributed by atoms with Gasteiger partial charge in [0.05, 0.1) is 17.5 Å². The Morgan fingerprint density at radius 1 is 1.12 bits per heavy atom. The molecule has 0 spiro atoms. The molecule has 0 saturated heterocycles. The van der Waals surface area contributed by atoms with Crippen LogP contribution in [0.25, 0.3) is 0 Å². The van der Waals surface area contributed by atoms with E-state index >= 15 is 0 Å². The van der Waals surface area contributed by atoms with Crippen LogP contribution in [0.5, 0.6) is 0 Å². The van der Waals surface area contributed by atoms with E-state index in [1.807, 2.05) is 0 Å². The highest BCUT2D eigenvalue weighted by Crippen LogP contribution is 2.58. The zero-order valence-electron chi connectivity index (χ0n) is 9.41. The Bertz CT molecular complexity index is 407. The third-order valence-electron chi connectivity index (χ3n) is 5.34. The van der Waals surface area contributed by atoms with Crippen molar-refractivity contribution < 1.29 is 4.86 Å². The van der Waals surface area contributed by atoms with Crippen molar-refractivity contribution in [2.45, 2.75) is 56.8 Å². The van der Waals surface area contributed by atoms with Gasteiger partial charge in [-0.1, -0.05) is 11.8 Å². The highest BCUT2D eigenvalue weighted by atomic mass is 16.5. The van der Waals surface area contributed by atoms with Crippen LogP contribution >= 0.6 is 0 Å². The van der Waals surface area contributed by atoms with Gasteiger partial charge in [0, 0.05) is 12.3 Å². The zero-order chi connectivity index (χ0) is 10.9. The predicted molar refractivity (Wildman–Crippen MR) is 56.1 cm³/mol. The number of hydrogen-bond donors (Lipinski definition) is 0. The van der Waals surface area contributed by atoms with Crippen molar-refractivity contribution in [1.82, 2.24) is 0 Å². The second kappa shape index (κ2) is 2.63. The van der Waals surface area contributed by atoms with Crippen molar-refractivity contribution in [3.8, 4) is 0 Å². The number of azo groups is 2. The van der Waals surface area contributed by atoms with Crippen LogP contribution in [-0.2, 0) is 0 Å². The summed E-state index contributed by atoms with van der Waals surface area (Å²) in [6, 6.07) is 0.858. The molecule has 2 saturated carbocycles. The van der Waals surface area contributed by atoms with Crippen LogP contribution in [0.1, 0.15) is 32.6 Å². The van der Waals surface area contributed by atoms with E-state index < -0.39 is 0 Å². The molecular weight excluding hydrogens is 204 g/mol. The van der Waals surface area contributed by atoms with Crippen molar-refractivity contribution in [3.05, 3.63) is 5.21 Å². The van der Waals surface area contributed by atoms with Crippen LogP contribution in [0, 0.1) is 16.5 Å². The van der Waals surface area contributed by atoms with Crippen molar-refractivity contribution in [3.63, 3.8) is 0 Å². The molecular formula is C11H16N4O. The Morgan fingerprint density at radius 2 is 1.94 bits per heavy atom. The van der Waals surface area contributed by atoms with Crippen LogP contribution in [-0.4, -0.2) is 29.0 Å². The summed E-state index contributed by atoms with van der Waals surface area (Å²) in [7, 11) is 0. The summed E-state index contributed by atoms with van der Waals surface area (Å²) in [5, 5.41) is 25.0. The average Bonchev–Trinajstić information content (AvgIpc) is 2.30. The maximum atomic E-state index is 11.9. The number of nitrogens with zero attached hydrogens (tertiary/aromatic N) is 4. The van der Waals surface area contributed by atoms with Gasteiger partial charge in [0.1, 0.15) is 6.04 Å². The van der Waals surface area contributed by atoms with Crippen molar-refractivity contribution in [2.75, 3.05) is 0 Å². The van der Waals surface area contributed by atoms with Gasteiger partial charge in [0.2, 0.25) is 0 Å². The zero-order valence-corrected chi connectivity index (χ0v) is 9.41. The molecule has 6 rings (SSSR count). The van der Waals surface area contributed by atoms with Gasteiger partial charge >= 0.3 is 0 Å². The first-order chi connectivity index (χ1) is 7.71. The first-order valence-electron chi connectivity index (χ1n) is 6.28. The molecule has 0 unspecified atom stereocenters. The van der Waals surface area contributed by atoms with E-state index in [-0.39, 0.29) is 23.5 Å². The molecule has 6 atom stereocenters. The van der Waals surface area contributed by atoms with E-state index in [9.17, 15) is 5.21 Å². The van der Waals surface area contributed by atoms with Gasteiger partial charge in [0.15, 0.2) is 6.04 Å². The summed E-state index contributed by atoms with van der Waals surface area (Å²) in [4.78, 5) is 0.987. The Morgan fingerprint density at radius 3 is 2.62 bits per heavy atom. The Hall–Kier alpha value is -1.00. The second-order valence-corrected chi connectivity index (χ2v) is 5.86. The molecule has 0 radical (unpaired) electrons. The fraction of sp³-hybridized carbons (Fsp3) is 1.00. The molecule has 0 amide bonds. The standard InChI is InChI=1S/C11H16N4O/c1-11-8-4-2-6(12-13-8)10(11)7-3-5-9(11)15(16)14-7/h6-10H,2-5H2,1H3/t6-,7+,8+,9-,10+,11-/m0/s1. The van der Waals surface area contributed by atoms with E-state index in [2.05, 4.69) is 22.3 Å². The van der Waals surface area contributed by atoms with Gasteiger partial charge in [-0.2, -0.15) is 10.2 Å². The predicted octanol–water partition coefficient (Wildman–Crippen LogP) is 2.11. The number of hydrogen-bond acceptors (Lipinski definition) is 4. The van der Waals surface area contributed by atoms with Crippen molar-refractivity contribution in [1.29, 1.82) is 0 Å². The van der Waals surface area contributed by atoms with Crippen LogP contribution in [0.3, 0.4) is 0 Å². The minimum absolute atomic E-state index is 0.0388. The molecule has 2 aliphatic carbocycles. The molecule has 0 aromatic heterocycles. The fourth-order valence-corrected chi connectivity index (χ4v) is 4.57. The average molecular weight is 220 g/mol. The summed E-state index contributed by atoms with van der Waals surface area (Å²) in [6.45, 7) is 2.25. The van der Waals surface area contributed by atoms with E-state index in [0.29, 0.717) is 12.0 Å². The van der Waals surface area contributed by atoms with Crippen molar-refractivity contribution in [2.24, 2.45) is 26.7 Å². The molecule has 2 fully saturated rings. The maximum Gasteiger partial charge on any atom is 0.197 e. The fourth-order valence-electron chi connectivity index (χ4n) is 4.57.